The molecule has 1 spiro atoms. The largest absolute Gasteiger partial charge is 0.345 e. The molecule has 98 valence electrons. The zero-order valence-corrected chi connectivity index (χ0v) is 10.8. The Hall–Kier alpha value is -0.160. The first-order valence-corrected chi connectivity index (χ1v) is 6.91. The first kappa shape index (κ1) is 11.9. The van der Waals surface area contributed by atoms with E-state index >= 15 is 0 Å². The van der Waals surface area contributed by atoms with Gasteiger partial charge in [0.2, 0.25) is 0 Å². The third-order valence-electron chi connectivity index (χ3n) is 3.94. The van der Waals surface area contributed by atoms with Gasteiger partial charge in [-0.25, -0.2) is 0 Å². The van der Waals surface area contributed by atoms with Crippen LogP contribution in [0.5, 0.6) is 0 Å². The lowest BCUT2D eigenvalue weighted by molar-refractivity contribution is -0.219. The summed E-state index contributed by atoms with van der Waals surface area (Å²) in [6.45, 7) is 5.19. The van der Waals surface area contributed by atoms with Crippen molar-refractivity contribution in [3.05, 3.63) is 0 Å². The van der Waals surface area contributed by atoms with Crippen molar-refractivity contribution in [2.24, 2.45) is 0 Å². The lowest BCUT2D eigenvalue weighted by Gasteiger charge is -2.24. The van der Waals surface area contributed by atoms with Gasteiger partial charge in [-0.2, -0.15) is 0 Å². The second-order valence-electron chi connectivity index (χ2n) is 5.82. The summed E-state index contributed by atoms with van der Waals surface area (Å²) in [5.74, 6) is -0.286. The van der Waals surface area contributed by atoms with Gasteiger partial charge in [0, 0.05) is 31.8 Å². The first-order chi connectivity index (χ1) is 8.17. The zero-order valence-electron chi connectivity index (χ0n) is 10.8. The Kier molecular flexibility index (Phi) is 3.15. The van der Waals surface area contributed by atoms with E-state index in [0.29, 0.717) is 6.04 Å². The smallest absolute Gasteiger partial charge is 0.187 e. The van der Waals surface area contributed by atoms with Gasteiger partial charge >= 0.3 is 0 Å². The highest BCUT2D eigenvalue weighted by Gasteiger charge is 2.53. The van der Waals surface area contributed by atoms with E-state index < -0.39 is 0 Å². The average molecular weight is 241 g/mol. The molecule has 0 bridgehead atoms. The zero-order chi connectivity index (χ0) is 11.9. The van der Waals surface area contributed by atoms with Crippen LogP contribution in [-0.2, 0) is 14.2 Å². The molecule has 3 rings (SSSR count). The molecule has 4 heteroatoms. The SMILES string of the molecule is CC(C)NC[C@H]1CC2OC3(CCCC3)OC2O1. The number of fused-ring (bicyclic) bond motifs is 1. The van der Waals surface area contributed by atoms with Crippen molar-refractivity contribution in [2.75, 3.05) is 6.54 Å². The van der Waals surface area contributed by atoms with Crippen LogP contribution in [0.25, 0.3) is 0 Å². The quantitative estimate of drug-likeness (QED) is 0.817. The van der Waals surface area contributed by atoms with Gasteiger partial charge in [-0.1, -0.05) is 13.8 Å². The fraction of sp³-hybridized carbons (Fsp3) is 1.00. The molecule has 0 aromatic rings. The summed E-state index contributed by atoms with van der Waals surface area (Å²) in [5.41, 5.74) is 0. The molecule has 4 nitrogen and oxygen atoms in total. The molecule has 3 aliphatic rings. The molecule has 2 saturated heterocycles. The van der Waals surface area contributed by atoms with Crippen LogP contribution >= 0.6 is 0 Å². The molecule has 1 saturated carbocycles. The highest BCUT2D eigenvalue weighted by Crippen LogP contribution is 2.45. The summed E-state index contributed by atoms with van der Waals surface area (Å²) in [4.78, 5) is 0. The summed E-state index contributed by atoms with van der Waals surface area (Å²) in [6, 6.07) is 0.502. The second kappa shape index (κ2) is 4.50. The minimum Gasteiger partial charge on any atom is -0.345 e. The van der Waals surface area contributed by atoms with Crippen LogP contribution in [0.1, 0.15) is 46.0 Å². The van der Waals surface area contributed by atoms with Crippen molar-refractivity contribution in [1.29, 1.82) is 0 Å². The Bertz CT molecular complexity index is 260. The fourth-order valence-corrected chi connectivity index (χ4v) is 3.07. The van der Waals surface area contributed by atoms with E-state index in [2.05, 4.69) is 19.2 Å². The third kappa shape index (κ3) is 2.36. The molecule has 2 heterocycles. The van der Waals surface area contributed by atoms with Crippen molar-refractivity contribution in [1.82, 2.24) is 5.32 Å². The number of nitrogens with one attached hydrogen (secondary N) is 1. The Balaban J connectivity index is 1.51. The van der Waals surface area contributed by atoms with Crippen molar-refractivity contribution < 1.29 is 14.2 Å². The summed E-state index contributed by atoms with van der Waals surface area (Å²) in [7, 11) is 0. The van der Waals surface area contributed by atoms with E-state index in [0.717, 1.165) is 25.8 Å². The molecule has 0 amide bonds. The van der Waals surface area contributed by atoms with Gasteiger partial charge in [-0.05, 0) is 12.8 Å². The number of ether oxygens (including phenoxy) is 3. The Morgan fingerprint density at radius 3 is 2.65 bits per heavy atom. The normalized spacial score (nSPS) is 39.4. The maximum absolute atomic E-state index is 6.10. The maximum atomic E-state index is 6.10. The molecule has 0 aromatic heterocycles. The van der Waals surface area contributed by atoms with Gasteiger partial charge in [-0.15, -0.1) is 0 Å². The van der Waals surface area contributed by atoms with Crippen molar-refractivity contribution in [2.45, 2.75) is 76.3 Å². The van der Waals surface area contributed by atoms with Gasteiger partial charge in [-0.3, -0.25) is 0 Å². The van der Waals surface area contributed by atoms with E-state index in [9.17, 15) is 0 Å². The van der Waals surface area contributed by atoms with Crippen LogP contribution in [-0.4, -0.2) is 36.9 Å². The molecule has 0 radical (unpaired) electrons. The highest BCUT2D eigenvalue weighted by molar-refractivity contribution is 4.91. The molecule has 1 aliphatic carbocycles. The molecule has 2 aliphatic heterocycles. The van der Waals surface area contributed by atoms with E-state index in [-0.39, 0.29) is 24.3 Å². The lowest BCUT2D eigenvalue weighted by atomic mass is 10.2. The van der Waals surface area contributed by atoms with E-state index in [1.54, 1.807) is 0 Å². The molecule has 17 heavy (non-hydrogen) atoms. The van der Waals surface area contributed by atoms with E-state index in [1.807, 2.05) is 0 Å². The van der Waals surface area contributed by atoms with Gasteiger partial charge in [0.1, 0.15) is 6.10 Å². The van der Waals surface area contributed by atoms with Gasteiger partial charge in [0.15, 0.2) is 12.1 Å². The maximum Gasteiger partial charge on any atom is 0.187 e. The number of rotatable bonds is 3. The van der Waals surface area contributed by atoms with Crippen molar-refractivity contribution in [3.63, 3.8) is 0 Å². The Labute approximate surface area is 103 Å². The molecule has 2 unspecified atom stereocenters. The Morgan fingerprint density at radius 2 is 2.00 bits per heavy atom. The third-order valence-corrected chi connectivity index (χ3v) is 3.94. The van der Waals surface area contributed by atoms with E-state index in [4.69, 9.17) is 14.2 Å². The van der Waals surface area contributed by atoms with Crippen molar-refractivity contribution >= 4 is 0 Å². The van der Waals surface area contributed by atoms with E-state index in [1.165, 1.54) is 12.8 Å². The molecule has 1 N–H and O–H groups in total. The predicted octanol–water partition coefficient (Wildman–Crippen LogP) is 1.79. The van der Waals surface area contributed by atoms with Crippen LogP contribution < -0.4 is 5.32 Å². The molecule has 3 atom stereocenters. The summed E-state index contributed by atoms with van der Waals surface area (Å²) >= 11 is 0. The fourth-order valence-electron chi connectivity index (χ4n) is 3.07. The summed E-state index contributed by atoms with van der Waals surface area (Å²) in [5, 5.41) is 3.40. The monoisotopic (exact) mass is 241 g/mol. The minimum absolute atomic E-state index is 0.118. The second-order valence-corrected chi connectivity index (χ2v) is 5.82. The lowest BCUT2D eigenvalue weighted by Crippen LogP contribution is -2.34. The highest BCUT2D eigenvalue weighted by atomic mass is 16.8. The molecular weight excluding hydrogens is 218 g/mol. The van der Waals surface area contributed by atoms with Crippen LogP contribution in [0.15, 0.2) is 0 Å². The summed E-state index contributed by atoms with van der Waals surface area (Å²) in [6.07, 6.45) is 5.77. The Morgan fingerprint density at radius 1 is 1.24 bits per heavy atom. The standard InChI is InChI=1S/C13H23NO3/c1-9(2)14-8-10-7-11-12(15-10)17-13(16-11)5-3-4-6-13/h9-12,14H,3-8H2,1-2H3/t10-,11?,12?/m1/s1. The van der Waals surface area contributed by atoms with Crippen LogP contribution in [0.2, 0.25) is 0 Å². The first-order valence-electron chi connectivity index (χ1n) is 6.91. The molecule has 3 fully saturated rings. The predicted molar refractivity (Wildman–Crippen MR) is 63.6 cm³/mol. The van der Waals surface area contributed by atoms with Crippen LogP contribution in [0.3, 0.4) is 0 Å². The minimum atomic E-state index is -0.286. The topological polar surface area (TPSA) is 39.7 Å². The van der Waals surface area contributed by atoms with Crippen LogP contribution in [0, 0.1) is 0 Å². The van der Waals surface area contributed by atoms with Gasteiger partial charge in [0.25, 0.3) is 0 Å². The van der Waals surface area contributed by atoms with Gasteiger partial charge < -0.3 is 19.5 Å². The molecular formula is C13H23NO3. The van der Waals surface area contributed by atoms with Crippen molar-refractivity contribution in [3.8, 4) is 0 Å². The summed E-state index contributed by atoms with van der Waals surface area (Å²) < 4.78 is 18.0. The molecule has 0 aromatic carbocycles. The number of hydrogen-bond acceptors (Lipinski definition) is 4. The van der Waals surface area contributed by atoms with Crippen LogP contribution in [0.4, 0.5) is 0 Å². The number of hydrogen-bond donors (Lipinski definition) is 1. The van der Waals surface area contributed by atoms with Gasteiger partial charge in [0.05, 0.1) is 6.10 Å². The average Bonchev–Trinajstić information content (AvgIpc) is 2.91.